The summed E-state index contributed by atoms with van der Waals surface area (Å²) in [6, 6.07) is 6.02. The summed E-state index contributed by atoms with van der Waals surface area (Å²) in [6.45, 7) is 2.16. The summed E-state index contributed by atoms with van der Waals surface area (Å²) in [4.78, 5) is 2.36. The monoisotopic (exact) mass is 220 g/mol. The number of rotatable bonds is 5. The molecule has 0 amide bonds. The van der Waals surface area contributed by atoms with Crippen molar-refractivity contribution in [3.63, 3.8) is 0 Å². The van der Waals surface area contributed by atoms with Gasteiger partial charge in [-0.25, -0.2) is 0 Å². The van der Waals surface area contributed by atoms with Gasteiger partial charge in [0.25, 0.3) is 0 Å². The van der Waals surface area contributed by atoms with Crippen molar-refractivity contribution in [3.8, 4) is 5.75 Å². The van der Waals surface area contributed by atoms with E-state index < -0.39 is 0 Å². The molecule has 0 aromatic heterocycles. The summed E-state index contributed by atoms with van der Waals surface area (Å²) in [5.41, 5.74) is 7.85. The van der Waals surface area contributed by atoms with Crippen LogP contribution in [0.3, 0.4) is 0 Å². The van der Waals surface area contributed by atoms with Crippen molar-refractivity contribution in [3.05, 3.63) is 23.8 Å². The van der Waals surface area contributed by atoms with Gasteiger partial charge in [0.2, 0.25) is 0 Å². The summed E-state index contributed by atoms with van der Waals surface area (Å²) in [5.74, 6) is 1.69. The van der Waals surface area contributed by atoms with E-state index in [0.29, 0.717) is 0 Å². The second-order valence-electron chi connectivity index (χ2n) is 4.72. The summed E-state index contributed by atoms with van der Waals surface area (Å²) in [6.07, 6.45) is 2.80. The first-order valence-corrected chi connectivity index (χ1v) is 5.80. The van der Waals surface area contributed by atoms with Gasteiger partial charge in [-0.2, -0.15) is 0 Å². The first-order valence-electron chi connectivity index (χ1n) is 5.80. The van der Waals surface area contributed by atoms with E-state index in [1.807, 2.05) is 12.1 Å². The molecule has 0 spiro atoms. The van der Waals surface area contributed by atoms with Gasteiger partial charge >= 0.3 is 0 Å². The highest BCUT2D eigenvalue weighted by Gasteiger charge is 2.22. The highest BCUT2D eigenvalue weighted by molar-refractivity contribution is 5.54. The van der Waals surface area contributed by atoms with Crippen molar-refractivity contribution in [1.82, 2.24) is 4.90 Å². The molecule has 1 aliphatic carbocycles. The minimum atomic E-state index is 0.722. The van der Waals surface area contributed by atoms with Gasteiger partial charge in [0.1, 0.15) is 5.75 Å². The van der Waals surface area contributed by atoms with E-state index in [2.05, 4.69) is 18.0 Å². The Balaban J connectivity index is 1.95. The van der Waals surface area contributed by atoms with Gasteiger partial charge in [0, 0.05) is 13.1 Å². The number of ether oxygens (including phenoxy) is 1. The second-order valence-corrected chi connectivity index (χ2v) is 4.72. The molecule has 0 heterocycles. The van der Waals surface area contributed by atoms with Crippen molar-refractivity contribution in [2.45, 2.75) is 19.4 Å². The standard InChI is InChI=1S/C13H20N2O/c1-15(8-10-3-4-10)9-11-5-6-13(16-2)12(14)7-11/h5-7,10H,3-4,8-9,14H2,1-2H3. The fourth-order valence-corrected chi connectivity index (χ4v) is 2.00. The lowest BCUT2D eigenvalue weighted by molar-refractivity contribution is 0.313. The summed E-state index contributed by atoms with van der Waals surface area (Å²) in [5, 5.41) is 0. The molecule has 0 saturated heterocycles. The van der Waals surface area contributed by atoms with E-state index in [0.717, 1.165) is 23.9 Å². The third-order valence-electron chi connectivity index (χ3n) is 3.01. The summed E-state index contributed by atoms with van der Waals surface area (Å²) in [7, 11) is 3.81. The van der Waals surface area contributed by atoms with Crippen LogP contribution in [0.5, 0.6) is 5.75 Å². The number of nitrogens with two attached hydrogens (primary N) is 1. The van der Waals surface area contributed by atoms with Crippen LogP contribution in [-0.4, -0.2) is 25.6 Å². The molecule has 1 aliphatic rings. The van der Waals surface area contributed by atoms with Gasteiger partial charge in [-0.15, -0.1) is 0 Å². The Morgan fingerprint density at radius 2 is 2.19 bits per heavy atom. The Hall–Kier alpha value is -1.22. The molecule has 3 nitrogen and oxygen atoms in total. The van der Waals surface area contributed by atoms with Crippen LogP contribution in [0.4, 0.5) is 5.69 Å². The zero-order valence-corrected chi connectivity index (χ0v) is 10.1. The van der Waals surface area contributed by atoms with E-state index >= 15 is 0 Å². The maximum absolute atomic E-state index is 5.88. The van der Waals surface area contributed by atoms with Gasteiger partial charge in [-0.1, -0.05) is 6.07 Å². The number of nitrogen functional groups attached to an aromatic ring is 1. The molecule has 0 bridgehead atoms. The maximum Gasteiger partial charge on any atom is 0.141 e. The Labute approximate surface area is 97.2 Å². The molecule has 0 atom stereocenters. The minimum absolute atomic E-state index is 0.722. The molecule has 0 radical (unpaired) electrons. The maximum atomic E-state index is 5.88. The number of anilines is 1. The van der Waals surface area contributed by atoms with Gasteiger partial charge < -0.3 is 15.4 Å². The van der Waals surface area contributed by atoms with Crippen molar-refractivity contribution < 1.29 is 4.74 Å². The Morgan fingerprint density at radius 3 is 2.75 bits per heavy atom. The fraction of sp³-hybridized carbons (Fsp3) is 0.538. The average Bonchev–Trinajstić information content (AvgIpc) is 3.01. The topological polar surface area (TPSA) is 38.5 Å². The lowest BCUT2D eigenvalue weighted by Crippen LogP contribution is -2.20. The predicted molar refractivity (Wildman–Crippen MR) is 66.5 cm³/mol. The summed E-state index contributed by atoms with van der Waals surface area (Å²) < 4.78 is 5.14. The zero-order valence-electron chi connectivity index (χ0n) is 10.1. The predicted octanol–water partition coefficient (Wildman–Crippen LogP) is 2.12. The van der Waals surface area contributed by atoms with Crippen LogP contribution in [0.15, 0.2) is 18.2 Å². The van der Waals surface area contributed by atoms with E-state index in [1.54, 1.807) is 7.11 Å². The average molecular weight is 220 g/mol. The molecule has 1 aromatic rings. The van der Waals surface area contributed by atoms with E-state index in [4.69, 9.17) is 10.5 Å². The van der Waals surface area contributed by atoms with Gasteiger partial charge in [-0.05, 0) is 43.5 Å². The van der Waals surface area contributed by atoms with E-state index in [1.165, 1.54) is 24.9 Å². The highest BCUT2D eigenvalue weighted by Crippen LogP contribution is 2.30. The van der Waals surface area contributed by atoms with Crippen LogP contribution < -0.4 is 10.5 Å². The Morgan fingerprint density at radius 1 is 1.44 bits per heavy atom. The third kappa shape index (κ3) is 2.89. The first-order chi connectivity index (χ1) is 7.69. The number of benzene rings is 1. The van der Waals surface area contributed by atoms with Gasteiger partial charge in [0.15, 0.2) is 0 Å². The van der Waals surface area contributed by atoms with Crippen molar-refractivity contribution >= 4 is 5.69 Å². The molecule has 88 valence electrons. The highest BCUT2D eigenvalue weighted by atomic mass is 16.5. The fourth-order valence-electron chi connectivity index (χ4n) is 2.00. The van der Waals surface area contributed by atoms with E-state index in [-0.39, 0.29) is 0 Å². The smallest absolute Gasteiger partial charge is 0.141 e. The van der Waals surface area contributed by atoms with Crippen LogP contribution in [0.1, 0.15) is 18.4 Å². The van der Waals surface area contributed by atoms with Crippen LogP contribution in [0.2, 0.25) is 0 Å². The van der Waals surface area contributed by atoms with Crippen molar-refractivity contribution in [1.29, 1.82) is 0 Å². The summed E-state index contributed by atoms with van der Waals surface area (Å²) >= 11 is 0. The molecular formula is C13H20N2O. The van der Waals surface area contributed by atoms with Crippen LogP contribution in [0.25, 0.3) is 0 Å². The minimum Gasteiger partial charge on any atom is -0.495 e. The first kappa shape index (κ1) is 11.3. The van der Waals surface area contributed by atoms with Crippen LogP contribution in [-0.2, 0) is 6.54 Å². The molecule has 2 rings (SSSR count). The third-order valence-corrected chi connectivity index (χ3v) is 3.01. The molecule has 0 unspecified atom stereocenters. The molecule has 1 saturated carbocycles. The second kappa shape index (κ2) is 4.74. The SMILES string of the molecule is COc1ccc(CN(C)CC2CC2)cc1N. The normalized spacial score (nSPS) is 15.4. The molecular weight excluding hydrogens is 200 g/mol. The van der Waals surface area contributed by atoms with Gasteiger partial charge in [-0.3, -0.25) is 0 Å². The largest absolute Gasteiger partial charge is 0.495 e. The molecule has 1 aromatic carbocycles. The number of hydrogen-bond donors (Lipinski definition) is 1. The van der Waals surface area contributed by atoms with Crippen molar-refractivity contribution in [2.24, 2.45) is 5.92 Å². The van der Waals surface area contributed by atoms with E-state index in [9.17, 15) is 0 Å². The molecule has 0 aliphatic heterocycles. The lowest BCUT2D eigenvalue weighted by atomic mass is 10.1. The molecule has 16 heavy (non-hydrogen) atoms. The zero-order chi connectivity index (χ0) is 11.5. The Kier molecular flexibility index (Phi) is 3.34. The number of methoxy groups -OCH3 is 1. The quantitative estimate of drug-likeness (QED) is 0.772. The molecule has 3 heteroatoms. The van der Waals surface area contributed by atoms with Gasteiger partial charge in [0.05, 0.1) is 12.8 Å². The molecule has 1 fully saturated rings. The lowest BCUT2D eigenvalue weighted by Gasteiger charge is -2.16. The number of nitrogens with zero attached hydrogens (tertiary/aromatic N) is 1. The van der Waals surface area contributed by atoms with Crippen LogP contribution >= 0.6 is 0 Å². The molecule has 2 N–H and O–H groups in total. The van der Waals surface area contributed by atoms with Crippen LogP contribution in [0, 0.1) is 5.92 Å². The number of hydrogen-bond acceptors (Lipinski definition) is 3. The Bertz CT molecular complexity index is 361. The van der Waals surface area contributed by atoms with Crippen molar-refractivity contribution in [2.75, 3.05) is 26.4 Å².